The summed E-state index contributed by atoms with van der Waals surface area (Å²) in [5.74, 6) is 2.14. The molecule has 0 saturated carbocycles. The van der Waals surface area contributed by atoms with Crippen LogP contribution in [0.4, 0.5) is 0 Å². The van der Waals surface area contributed by atoms with Crippen LogP contribution in [-0.4, -0.2) is 31.8 Å². The van der Waals surface area contributed by atoms with Crippen molar-refractivity contribution in [2.24, 2.45) is 23.5 Å². The fraction of sp³-hybridized carbons (Fsp3) is 1.00. The highest BCUT2D eigenvalue weighted by atomic mass is 16.5. The number of hydrogen-bond acceptors (Lipinski definition) is 3. The maximum Gasteiger partial charge on any atom is 0.0661 e. The minimum Gasteiger partial charge on any atom is -0.379 e. The SMILES string of the molecule is CC(C)C(CNC1(CN)CCOC1)C(C)C. The van der Waals surface area contributed by atoms with Gasteiger partial charge in [0.05, 0.1) is 12.1 Å². The Morgan fingerprint density at radius 3 is 2.25 bits per heavy atom. The molecule has 0 spiro atoms. The molecule has 0 aliphatic carbocycles. The Bertz CT molecular complexity index is 190. The molecular formula is C13H28N2O. The number of rotatable bonds is 6. The normalized spacial score (nSPS) is 26.2. The minimum absolute atomic E-state index is 0.0437. The zero-order valence-corrected chi connectivity index (χ0v) is 11.3. The lowest BCUT2D eigenvalue weighted by atomic mass is 9.84. The molecule has 3 nitrogen and oxygen atoms in total. The van der Waals surface area contributed by atoms with Gasteiger partial charge in [-0.15, -0.1) is 0 Å². The van der Waals surface area contributed by atoms with E-state index < -0.39 is 0 Å². The predicted molar refractivity (Wildman–Crippen MR) is 68.4 cm³/mol. The van der Waals surface area contributed by atoms with Gasteiger partial charge in [0.1, 0.15) is 0 Å². The van der Waals surface area contributed by atoms with Crippen molar-refractivity contribution in [1.82, 2.24) is 5.32 Å². The Morgan fingerprint density at radius 2 is 1.88 bits per heavy atom. The van der Waals surface area contributed by atoms with E-state index in [0.717, 1.165) is 26.2 Å². The lowest BCUT2D eigenvalue weighted by Crippen LogP contribution is -2.54. The lowest BCUT2D eigenvalue weighted by Gasteiger charge is -2.32. The predicted octanol–water partition coefficient (Wildman–Crippen LogP) is 1.62. The van der Waals surface area contributed by atoms with Gasteiger partial charge in [-0.1, -0.05) is 27.7 Å². The smallest absolute Gasteiger partial charge is 0.0661 e. The molecule has 0 bridgehead atoms. The summed E-state index contributed by atoms with van der Waals surface area (Å²) in [6, 6.07) is 0. The van der Waals surface area contributed by atoms with Crippen LogP contribution in [0.1, 0.15) is 34.1 Å². The molecule has 1 aliphatic heterocycles. The van der Waals surface area contributed by atoms with Crippen LogP contribution < -0.4 is 11.1 Å². The van der Waals surface area contributed by atoms with Gasteiger partial charge in [-0.2, -0.15) is 0 Å². The first-order valence-corrected chi connectivity index (χ1v) is 6.53. The Morgan fingerprint density at radius 1 is 1.25 bits per heavy atom. The second-order valence-electron chi connectivity index (χ2n) is 5.82. The molecule has 0 aromatic rings. The van der Waals surface area contributed by atoms with E-state index in [1.807, 2.05) is 0 Å². The highest BCUT2D eigenvalue weighted by Gasteiger charge is 2.34. The summed E-state index contributed by atoms with van der Waals surface area (Å²) in [6.45, 7) is 12.5. The van der Waals surface area contributed by atoms with Gasteiger partial charge in [-0.05, 0) is 30.7 Å². The number of hydrogen-bond donors (Lipinski definition) is 2. The molecule has 1 atom stereocenters. The van der Waals surface area contributed by atoms with E-state index in [2.05, 4.69) is 33.0 Å². The van der Waals surface area contributed by atoms with Crippen LogP contribution in [0.25, 0.3) is 0 Å². The van der Waals surface area contributed by atoms with Gasteiger partial charge >= 0.3 is 0 Å². The molecule has 1 saturated heterocycles. The molecule has 16 heavy (non-hydrogen) atoms. The molecule has 0 radical (unpaired) electrons. The number of nitrogens with one attached hydrogen (secondary N) is 1. The van der Waals surface area contributed by atoms with Crippen molar-refractivity contribution >= 4 is 0 Å². The summed E-state index contributed by atoms with van der Waals surface area (Å²) in [5, 5.41) is 3.66. The molecule has 1 aliphatic rings. The van der Waals surface area contributed by atoms with Crippen LogP contribution in [-0.2, 0) is 4.74 Å². The third-order valence-corrected chi connectivity index (χ3v) is 3.92. The molecule has 1 rings (SSSR count). The van der Waals surface area contributed by atoms with Crippen molar-refractivity contribution in [3.63, 3.8) is 0 Å². The van der Waals surface area contributed by atoms with Gasteiger partial charge < -0.3 is 15.8 Å². The van der Waals surface area contributed by atoms with Crippen LogP contribution in [0.2, 0.25) is 0 Å². The molecule has 3 N–H and O–H groups in total. The van der Waals surface area contributed by atoms with Crippen molar-refractivity contribution < 1.29 is 4.74 Å². The van der Waals surface area contributed by atoms with Crippen LogP contribution in [0, 0.1) is 17.8 Å². The molecule has 0 amide bonds. The summed E-state index contributed by atoms with van der Waals surface area (Å²) in [6.07, 6.45) is 1.05. The minimum atomic E-state index is 0.0437. The van der Waals surface area contributed by atoms with Gasteiger partial charge in [0.15, 0.2) is 0 Å². The topological polar surface area (TPSA) is 47.3 Å². The van der Waals surface area contributed by atoms with Crippen LogP contribution in [0.5, 0.6) is 0 Å². The average molecular weight is 228 g/mol. The van der Waals surface area contributed by atoms with Crippen molar-refractivity contribution in [3.05, 3.63) is 0 Å². The van der Waals surface area contributed by atoms with Gasteiger partial charge in [0.25, 0.3) is 0 Å². The maximum absolute atomic E-state index is 5.86. The zero-order chi connectivity index (χ0) is 12.2. The van der Waals surface area contributed by atoms with Crippen molar-refractivity contribution in [3.8, 4) is 0 Å². The molecular weight excluding hydrogens is 200 g/mol. The van der Waals surface area contributed by atoms with E-state index in [0.29, 0.717) is 24.3 Å². The summed E-state index contributed by atoms with van der Waals surface area (Å²) >= 11 is 0. The standard InChI is InChI=1S/C13H28N2O/c1-10(2)12(11(3)4)7-15-13(8-14)5-6-16-9-13/h10-12,15H,5-9,14H2,1-4H3. The van der Waals surface area contributed by atoms with Gasteiger partial charge in [0.2, 0.25) is 0 Å². The summed E-state index contributed by atoms with van der Waals surface area (Å²) in [5.41, 5.74) is 5.91. The van der Waals surface area contributed by atoms with Crippen LogP contribution >= 0.6 is 0 Å². The Labute approximate surface area is 100 Å². The van der Waals surface area contributed by atoms with E-state index >= 15 is 0 Å². The largest absolute Gasteiger partial charge is 0.379 e. The highest BCUT2D eigenvalue weighted by Crippen LogP contribution is 2.23. The lowest BCUT2D eigenvalue weighted by molar-refractivity contribution is 0.159. The molecule has 1 unspecified atom stereocenters. The maximum atomic E-state index is 5.86. The Balaban J connectivity index is 2.47. The fourth-order valence-corrected chi connectivity index (χ4v) is 2.56. The Kier molecular flexibility index (Phi) is 5.22. The van der Waals surface area contributed by atoms with Crippen LogP contribution in [0.15, 0.2) is 0 Å². The third-order valence-electron chi connectivity index (χ3n) is 3.92. The van der Waals surface area contributed by atoms with E-state index in [9.17, 15) is 0 Å². The van der Waals surface area contributed by atoms with Crippen molar-refractivity contribution in [2.45, 2.75) is 39.7 Å². The van der Waals surface area contributed by atoms with E-state index in [4.69, 9.17) is 10.5 Å². The first-order chi connectivity index (χ1) is 7.51. The molecule has 3 heteroatoms. The van der Waals surface area contributed by atoms with Gasteiger partial charge in [-0.25, -0.2) is 0 Å². The fourth-order valence-electron chi connectivity index (χ4n) is 2.56. The number of nitrogens with two attached hydrogens (primary N) is 1. The van der Waals surface area contributed by atoms with E-state index in [1.54, 1.807) is 0 Å². The highest BCUT2D eigenvalue weighted by molar-refractivity contribution is 4.93. The summed E-state index contributed by atoms with van der Waals surface area (Å²) in [7, 11) is 0. The van der Waals surface area contributed by atoms with Crippen LogP contribution in [0.3, 0.4) is 0 Å². The number of ether oxygens (including phenoxy) is 1. The quantitative estimate of drug-likeness (QED) is 0.726. The first-order valence-electron chi connectivity index (χ1n) is 6.53. The van der Waals surface area contributed by atoms with Gasteiger partial charge in [0, 0.05) is 13.2 Å². The molecule has 1 heterocycles. The van der Waals surface area contributed by atoms with Gasteiger partial charge in [-0.3, -0.25) is 0 Å². The molecule has 0 aromatic carbocycles. The second kappa shape index (κ2) is 5.99. The van der Waals surface area contributed by atoms with Crippen molar-refractivity contribution in [1.29, 1.82) is 0 Å². The molecule has 0 aromatic heterocycles. The molecule has 1 fully saturated rings. The summed E-state index contributed by atoms with van der Waals surface area (Å²) in [4.78, 5) is 0. The second-order valence-corrected chi connectivity index (χ2v) is 5.82. The zero-order valence-electron chi connectivity index (χ0n) is 11.3. The average Bonchev–Trinajstić information content (AvgIpc) is 2.66. The Hall–Kier alpha value is -0.120. The molecule has 96 valence electrons. The third kappa shape index (κ3) is 3.44. The van der Waals surface area contributed by atoms with E-state index in [-0.39, 0.29) is 5.54 Å². The first kappa shape index (κ1) is 13.9. The van der Waals surface area contributed by atoms with E-state index in [1.165, 1.54) is 0 Å². The summed E-state index contributed by atoms with van der Waals surface area (Å²) < 4.78 is 5.46. The monoisotopic (exact) mass is 228 g/mol. The van der Waals surface area contributed by atoms with Crippen molar-refractivity contribution in [2.75, 3.05) is 26.3 Å².